The molecule has 0 spiro atoms. The van der Waals surface area contributed by atoms with Gasteiger partial charge in [-0.25, -0.2) is 9.78 Å². The van der Waals surface area contributed by atoms with E-state index in [0.717, 1.165) is 3.70 Å². The first-order valence-electron chi connectivity index (χ1n) is 4.39. The van der Waals surface area contributed by atoms with Crippen molar-refractivity contribution in [1.82, 2.24) is 4.98 Å². The number of halogens is 1. The zero-order chi connectivity index (χ0) is 11.5. The number of ether oxygens (including phenoxy) is 2. The van der Waals surface area contributed by atoms with Gasteiger partial charge in [0.25, 0.3) is 0 Å². The number of carbonyl (C=O) groups is 1. The van der Waals surface area contributed by atoms with Crippen molar-refractivity contribution >= 4 is 28.7 Å². The summed E-state index contributed by atoms with van der Waals surface area (Å²) in [5, 5.41) is 0. The van der Waals surface area contributed by atoms with Gasteiger partial charge in [-0.2, -0.15) is 0 Å². The molecule has 4 nitrogen and oxygen atoms in total. The Bertz CT molecular complexity index is 343. The standard InChI is InChI=1S/C10H12INO3/c1-10(2,3)15-9(13)14-7-4-5-8(11)12-6-7/h4-6H,1-3H3. The Morgan fingerprint density at radius 2 is 2.07 bits per heavy atom. The van der Waals surface area contributed by atoms with Crippen molar-refractivity contribution in [3.05, 3.63) is 22.0 Å². The predicted molar refractivity (Wildman–Crippen MR) is 63.8 cm³/mol. The Balaban J connectivity index is 2.55. The van der Waals surface area contributed by atoms with Gasteiger partial charge in [-0.15, -0.1) is 0 Å². The van der Waals surface area contributed by atoms with Gasteiger partial charge in [0.1, 0.15) is 9.30 Å². The van der Waals surface area contributed by atoms with Crippen LogP contribution in [0.1, 0.15) is 20.8 Å². The molecule has 0 radical (unpaired) electrons. The summed E-state index contributed by atoms with van der Waals surface area (Å²) in [6.07, 6.45) is 0.761. The summed E-state index contributed by atoms with van der Waals surface area (Å²) in [4.78, 5) is 15.2. The van der Waals surface area contributed by atoms with E-state index in [2.05, 4.69) is 27.6 Å². The summed E-state index contributed by atoms with van der Waals surface area (Å²) in [5.41, 5.74) is -0.548. The molecule has 0 fully saturated rings. The van der Waals surface area contributed by atoms with E-state index in [4.69, 9.17) is 9.47 Å². The number of nitrogens with zero attached hydrogens (tertiary/aromatic N) is 1. The molecular weight excluding hydrogens is 309 g/mol. The van der Waals surface area contributed by atoms with E-state index >= 15 is 0 Å². The maximum atomic E-state index is 11.2. The third-order valence-electron chi connectivity index (χ3n) is 1.29. The summed E-state index contributed by atoms with van der Waals surface area (Å²) in [6, 6.07) is 3.42. The minimum absolute atomic E-state index is 0.379. The molecule has 82 valence electrons. The van der Waals surface area contributed by atoms with Gasteiger partial charge in [0.15, 0.2) is 5.75 Å². The minimum Gasteiger partial charge on any atom is -0.428 e. The Morgan fingerprint density at radius 1 is 1.40 bits per heavy atom. The van der Waals surface area contributed by atoms with Crippen molar-refractivity contribution in [2.24, 2.45) is 0 Å². The van der Waals surface area contributed by atoms with Gasteiger partial charge in [-0.1, -0.05) is 0 Å². The fourth-order valence-corrected chi connectivity index (χ4v) is 1.11. The molecule has 0 aliphatic carbocycles. The van der Waals surface area contributed by atoms with Crippen molar-refractivity contribution in [3.63, 3.8) is 0 Å². The van der Waals surface area contributed by atoms with Crippen LogP contribution < -0.4 is 4.74 Å². The van der Waals surface area contributed by atoms with Crippen LogP contribution >= 0.6 is 22.6 Å². The van der Waals surface area contributed by atoms with Gasteiger partial charge < -0.3 is 9.47 Å². The summed E-state index contributed by atoms with van der Waals surface area (Å²) in [6.45, 7) is 5.33. The first-order chi connectivity index (χ1) is 6.87. The lowest BCUT2D eigenvalue weighted by molar-refractivity contribution is 0.0205. The van der Waals surface area contributed by atoms with Gasteiger partial charge in [0, 0.05) is 0 Å². The Hall–Kier alpha value is -0.850. The molecule has 5 heteroatoms. The molecule has 0 unspecified atom stereocenters. The Kier molecular flexibility index (Phi) is 3.90. The van der Waals surface area contributed by atoms with Crippen LogP contribution in [0.4, 0.5) is 4.79 Å². The van der Waals surface area contributed by atoms with Crippen molar-refractivity contribution in [2.45, 2.75) is 26.4 Å². The second kappa shape index (κ2) is 4.78. The summed E-state index contributed by atoms with van der Waals surface area (Å²) in [5.74, 6) is 0.379. The van der Waals surface area contributed by atoms with Gasteiger partial charge in [0.2, 0.25) is 0 Å². The third kappa shape index (κ3) is 4.96. The highest BCUT2D eigenvalue weighted by Gasteiger charge is 2.17. The Morgan fingerprint density at radius 3 is 2.53 bits per heavy atom. The summed E-state index contributed by atoms with van der Waals surface area (Å²) < 4.78 is 10.7. The fourth-order valence-electron chi connectivity index (χ4n) is 0.790. The van der Waals surface area contributed by atoms with Gasteiger partial charge in [-0.05, 0) is 55.5 Å². The van der Waals surface area contributed by atoms with E-state index in [9.17, 15) is 4.79 Å². The summed E-state index contributed by atoms with van der Waals surface area (Å²) in [7, 11) is 0. The van der Waals surface area contributed by atoms with Crippen molar-refractivity contribution in [2.75, 3.05) is 0 Å². The Labute approximate surface area is 102 Å². The molecule has 0 N–H and O–H groups in total. The molecule has 0 saturated carbocycles. The molecule has 15 heavy (non-hydrogen) atoms. The van der Waals surface area contributed by atoms with Crippen LogP contribution in [0.25, 0.3) is 0 Å². The van der Waals surface area contributed by atoms with E-state index in [1.807, 2.05) is 0 Å². The molecule has 0 bridgehead atoms. The fraction of sp³-hybridized carbons (Fsp3) is 0.400. The maximum Gasteiger partial charge on any atom is 0.514 e. The van der Waals surface area contributed by atoms with Crippen LogP contribution in [0.5, 0.6) is 5.75 Å². The van der Waals surface area contributed by atoms with Crippen LogP contribution in [0.3, 0.4) is 0 Å². The molecule has 0 atom stereocenters. The second-order valence-electron chi connectivity index (χ2n) is 3.88. The van der Waals surface area contributed by atoms with Gasteiger partial charge >= 0.3 is 6.16 Å². The van der Waals surface area contributed by atoms with Crippen molar-refractivity contribution in [1.29, 1.82) is 0 Å². The highest BCUT2D eigenvalue weighted by Crippen LogP contribution is 2.13. The molecule has 1 aromatic heterocycles. The van der Waals surface area contributed by atoms with E-state index < -0.39 is 11.8 Å². The lowest BCUT2D eigenvalue weighted by Crippen LogP contribution is -2.26. The number of hydrogen-bond donors (Lipinski definition) is 0. The first kappa shape index (κ1) is 12.2. The van der Waals surface area contributed by atoms with Gasteiger partial charge in [0.05, 0.1) is 6.20 Å². The number of hydrogen-bond acceptors (Lipinski definition) is 4. The van der Waals surface area contributed by atoms with Crippen molar-refractivity contribution in [3.8, 4) is 5.75 Å². The summed E-state index contributed by atoms with van der Waals surface area (Å²) >= 11 is 2.07. The molecule has 0 aromatic carbocycles. The zero-order valence-corrected chi connectivity index (χ0v) is 10.9. The average molecular weight is 321 g/mol. The smallest absolute Gasteiger partial charge is 0.428 e. The predicted octanol–water partition coefficient (Wildman–Crippen LogP) is 3.00. The van der Waals surface area contributed by atoms with Crippen LogP contribution in [-0.2, 0) is 4.74 Å². The molecule has 1 aromatic rings. The average Bonchev–Trinajstić information content (AvgIpc) is 2.05. The van der Waals surface area contributed by atoms with Crippen LogP contribution in [0, 0.1) is 3.70 Å². The maximum absolute atomic E-state index is 11.2. The van der Waals surface area contributed by atoms with E-state index in [1.54, 1.807) is 32.9 Å². The monoisotopic (exact) mass is 321 g/mol. The lowest BCUT2D eigenvalue weighted by Gasteiger charge is -2.18. The number of carbonyl (C=O) groups excluding carboxylic acids is 1. The van der Waals surface area contributed by atoms with Crippen LogP contribution in [-0.4, -0.2) is 16.7 Å². The van der Waals surface area contributed by atoms with E-state index in [-0.39, 0.29) is 0 Å². The number of rotatable bonds is 1. The third-order valence-corrected chi connectivity index (χ3v) is 1.93. The minimum atomic E-state index is -0.717. The van der Waals surface area contributed by atoms with E-state index in [1.165, 1.54) is 6.20 Å². The second-order valence-corrected chi connectivity index (χ2v) is 4.99. The van der Waals surface area contributed by atoms with Gasteiger partial charge in [-0.3, -0.25) is 0 Å². The first-order valence-corrected chi connectivity index (χ1v) is 5.47. The normalized spacial score (nSPS) is 10.9. The molecule has 0 amide bonds. The molecule has 1 heterocycles. The van der Waals surface area contributed by atoms with E-state index in [0.29, 0.717) is 5.75 Å². The molecule has 0 aliphatic heterocycles. The SMILES string of the molecule is CC(C)(C)OC(=O)Oc1ccc(I)nc1. The van der Waals surface area contributed by atoms with Crippen LogP contribution in [0.2, 0.25) is 0 Å². The molecule has 0 aliphatic rings. The lowest BCUT2D eigenvalue weighted by atomic mass is 10.2. The van der Waals surface area contributed by atoms with Crippen molar-refractivity contribution < 1.29 is 14.3 Å². The largest absolute Gasteiger partial charge is 0.514 e. The molecule has 0 saturated heterocycles. The highest BCUT2D eigenvalue weighted by molar-refractivity contribution is 14.1. The highest BCUT2D eigenvalue weighted by atomic mass is 127. The zero-order valence-electron chi connectivity index (χ0n) is 8.78. The molecule has 1 rings (SSSR count). The molecular formula is C10H12INO3. The topological polar surface area (TPSA) is 48.4 Å². The van der Waals surface area contributed by atoms with Crippen LogP contribution in [0.15, 0.2) is 18.3 Å². The number of aromatic nitrogens is 1. The quantitative estimate of drug-likeness (QED) is 0.453. The number of pyridine rings is 1.